The van der Waals surface area contributed by atoms with Gasteiger partial charge in [0.05, 0.1) is 7.11 Å². The van der Waals surface area contributed by atoms with E-state index in [0.717, 1.165) is 12.8 Å². The molecule has 0 radical (unpaired) electrons. The van der Waals surface area contributed by atoms with Crippen LogP contribution in [-0.2, 0) is 14.3 Å². The molecule has 0 amide bonds. The summed E-state index contributed by atoms with van der Waals surface area (Å²) in [5, 5.41) is 0. The Morgan fingerprint density at radius 1 is 1.23 bits per heavy atom. The lowest BCUT2D eigenvalue weighted by Gasteiger charge is -2.09. The van der Waals surface area contributed by atoms with Crippen molar-refractivity contribution in [1.29, 1.82) is 0 Å². The second-order valence-electron chi connectivity index (χ2n) is 3.18. The summed E-state index contributed by atoms with van der Waals surface area (Å²) in [5.41, 5.74) is 0. The van der Waals surface area contributed by atoms with Crippen LogP contribution < -0.4 is 0 Å². The van der Waals surface area contributed by atoms with Gasteiger partial charge in [0.15, 0.2) is 0 Å². The second kappa shape index (κ2) is 6.63. The summed E-state index contributed by atoms with van der Waals surface area (Å²) < 4.78 is 4.41. The average Bonchev–Trinajstić information content (AvgIpc) is 2.13. The van der Waals surface area contributed by atoms with Crippen molar-refractivity contribution in [3.8, 4) is 0 Å². The fraction of sp³-hybridized carbons (Fsp3) is 0.800. The minimum Gasteiger partial charge on any atom is -0.469 e. The Labute approximate surface area is 79.5 Å². The van der Waals surface area contributed by atoms with E-state index in [1.807, 2.05) is 0 Å². The van der Waals surface area contributed by atoms with E-state index >= 15 is 0 Å². The third-order valence-corrected chi connectivity index (χ3v) is 2.24. The van der Waals surface area contributed by atoms with Crippen molar-refractivity contribution in [2.75, 3.05) is 7.11 Å². The molecule has 0 N–H and O–H groups in total. The highest BCUT2D eigenvalue weighted by Gasteiger charge is 2.13. The van der Waals surface area contributed by atoms with Gasteiger partial charge >= 0.3 is 5.97 Å². The van der Waals surface area contributed by atoms with Gasteiger partial charge in [0.1, 0.15) is 12.2 Å². The summed E-state index contributed by atoms with van der Waals surface area (Å²) in [6.45, 7) is 4.11. The average molecular weight is 186 g/mol. The number of rotatable bonds is 6. The first-order valence-corrected chi connectivity index (χ1v) is 4.72. The number of hydrogen-bond donors (Lipinski definition) is 0. The van der Waals surface area contributed by atoms with E-state index in [2.05, 4.69) is 18.6 Å². The molecule has 0 aliphatic rings. The van der Waals surface area contributed by atoms with Crippen molar-refractivity contribution < 1.29 is 14.3 Å². The third kappa shape index (κ3) is 5.39. The van der Waals surface area contributed by atoms with Gasteiger partial charge in [0.2, 0.25) is 0 Å². The number of ketones is 1. The summed E-state index contributed by atoms with van der Waals surface area (Å²) in [5.74, 6) is -0.0336. The minimum atomic E-state index is -0.434. The SMILES string of the molecule is CCC(CC)CC(=O)CC(=O)OC. The van der Waals surface area contributed by atoms with Crippen molar-refractivity contribution in [3.63, 3.8) is 0 Å². The third-order valence-electron chi connectivity index (χ3n) is 2.24. The van der Waals surface area contributed by atoms with Gasteiger partial charge in [0, 0.05) is 6.42 Å². The van der Waals surface area contributed by atoms with Gasteiger partial charge in [-0.1, -0.05) is 26.7 Å². The Morgan fingerprint density at radius 3 is 2.15 bits per heavy atom. The minimum absolute atomic E-state index is 0.0134. The Kier molecular flexibility index (Phi) is 6.20. The first-order valence-electron chi connectivity index (χ1n) is 4.72. The van der Waals surface area contributed by atoms with Crippen molar-refractivity contribution in [1.82, 2.24) is 0 Å². The quantitative estimate of drug-likeness (QED) is 0.470. The molecule has 13 heavy (non-hydrogen) atoms. The highest BCUT2D eigenvalue weighted by molar-refractivity contribution is 5.95. The predicted octanol–water partition coefficient (Wildman–Crippen LogP) is 1.94. The van der Waals surface area contributed by atoms with Gasteiger partial charge in [0.25, 0.3) is 0 Å². The number of esters is 1. The molecule has 3 heteroatoms. The lowest BCUT2D eigenvalue weighted by atomic mass is 9.96. The molecule has 0 unspecified atom stereocenters. The number of hydrogen-bond acceptors (Lipinski definition) is 3. The van der Waals surface area contributed by atoms with E-state index in [1.54, 1.807) is 0 Å². The molecular weight excluding hydrogens is 168 g/mol. The van der Waals surface area contributed by atoms with Crippen molar-refractivity contribution in [2.45, 2.75) is 39.5 Å². The van der Waals surface area contributed by atoms with E-state index in [1.165, 1.54) is 7.11 Å². The number of methoxy groups -OCH3 is 1. The number of ether oxygens (including phenoxy) is 1. The zero-order valence-corrected chi connectivity index (χ0v) is 8.63. The normalized spacial score (nSPS) is 10.2. The van der Waals surface area contributed by atoms with Gasteiger partial charge in [-0.05, 0) is 5.92 Å². The highest BCUT2D eigenvalue weighted by atomic mass is 16.5. The molecule has 0 heterocycles. The van der Waals surface area contributed by atoms with Crippen LogP contribution in [0.1, 0.15) is 39.5 Å². The van der Waals surface area contributed by atoms with Gasteiger partial charge in [-0.2, -0.15) is 0 Å². The van der Waals surface area contributed by atoms with E-state index in [-0.39, 0.29) is 12.2 Å². The lowest BCUT2D eigenvalue weighted by Crippen LogP contribution is -2.12. The zero-order chi connectivity index (χ0) is 10.3. The van der Waals surface area contributed by atoms with Crippen molar-refractivity contribution >= 4 is 11.8 Å². The number of carbonyl (C=O) groups is 2. The van der Waals surface area contributed by atoms with Gasteiger partial charge in [-0.3, -0.25) is 9.59 Å². The molecule has 0 aromatic heterocycles. The molecule has 0 saturated heterocycles. The maximum absolute atomic E-state index is 11.2. The van der Waals surface area contributed by atoms with Gasteiger partial charge in [-0.15, -0.1) is 0 Å². The molecule has 0 spiro atoms. The van der Waals surface area contributed by atoms with Crippen molar-refractivity contribution in [3.05, 3.63) is 0 Å². The summed E-state index contributed by atoms with van der Waals surface area (Å²) >= 11 is 0. The molecule has 0 saturated carbocycles. The fourth-order valence-electron chi connectivity index (χ4n) is 1.20. The Hall–Kier alpha value is -0.860. The topological polar surface area (TPSA) is 43.4 Å². The lowest BCUT2D eigenvalue weighted by molar-refractivity contribution is -0.143. The first-order chi connectivity index (χ1) is 6.13. The van der Waals surface area contributed by atoms with Crippen LogP contribution in [0.3, 0.4) is 0 Å². The Bertz CT molecular complexity index is 171. The van der Waals surface area contributed by atoms with Crippen LogP contribution in [-0.4, -0.2) is 18.9 Å². The van der Waals surface area contributed by atoms with Crippen LogP contribution in [0.25, 0.3) is 0 Å². The second-order valence-corrected chi connectivity index (χ2v) is 3.18. The summed E-state index contributed by atoms with van der Waals surface area (Å²) in [6, 6.07) is 0. The molecule has 0 fully saturated rings. The van der Waals surface area contributed by atoms with Crippen LogP contribution in [0.15, 0.2) is 0 Å². The standard InChI is InChI=1S/C10H18O3/c1-4-8(5-2)6-9(11)7-10(12)13-3/h8H,4-7H2,1-3H3. The molecule has 0 aliphatic heterocycles. The molecule has 0 aromatic rings. The van der Waals surface area contributed by atoms with Crippen molar-refractivity contribution in [2.24, 2.45) is 5.92 Å². The largest absolute Gasteiger partial charge is 0.469 e. The van der Waals surface area contributed by atoms with Crippen LogP contribution >= 0.6 is 0 Å². The molecule has 3 nitrogen and oxygen atoms in total. The van der Waals surface area contributed by atoms with E-state index in [4.69, 9.17) is 0 Å². The summed E-state index contributed by atoms with van der Waals surface area (Å²) in [4.78, 5) is 22.0. The highest BCUT2D eigenvalue weighted by Crippen LogP contribution is 2.13. The first kappa shape index (κ1) is 12.1. The molecule has 0 aliphatic carbocycles. The number of carbonyl (C=O) groups excluding carboxylic acids is 2. The van der Waals surface area contributed by atoms with E-state index in [9.17, 15) is 9.59 Å². The Morgan fingerprint density at radius 2 is 1.77 bits per heavy atom. The van der Waals surface area contributed by atoms with Gasteiger partial charge < -0.3 is 4.74 Å². The molecule has 0 bridgehead atoms. The number of Topliss-reactive ketones (excluding diaryl/α,β-unsaturated/α-hetero) is 1. The molecular formula is C10H18O3. The van der Waals surface area contributed by atoms with Crippen LogP contribution in [0.5, 0.6) is 0 Å². The monoisotopic (exact) mass is 186 g/mol. The van der Waals surface area contributed by atoms with Crippen LogP contribution in [0.4, 0.5) is 0 Å². The zero-order valence-electron chi connectivity index (χ0n) is 8.63. The summed E-state index contributed by atoms with van der Waals surface area (Å²) in [6.07, 6.45) is 2.40. The summed E-state index contributed by atoms with van der Waals surface area (Å²) in [7, 11) is 1.30. The maximum Gasteiger partial charge on any atom is 0.313 e. The molecule has 0 atom stereocenters. The van der Waals surface area contributed by atoms with Gasteiger partial charge in [-0.25, -0.2) is 0 Å². The van der Waals surface area contributed by atoms with E-state index < -0.39 is 5.97 Å². The fourth-order valence-corrected chi connectivity index (χ4v) is 1.20. The molecule has 76 valence electrons. The Balaban J connectivity index is 3.79. The molecule has 0 rings (SSSR count). The van der Waals surface area contributed by atoms with E-state index in [0.29, 0.717) is 12.3 Å². The van der Waals surface area contributed by atoms with Crippen LogP contribution in [0, 0.1) is 5.92 Å². The predicted molar refractivity (Wildman–Crippen MR) is 50.3 cm³/mol. The maximum atomic E-state index is 11.2. The molecule has 0 aromatic carbocycles. The van der Waals surface area contributed by atoms with Crippen LogP contribution in [0.2, 0.25) is 0 Å². The smallest absolute Gasteiger partial charge is 0.313 e.